The molecular formula is C15H24N2O2. The standard InChI is InChI=1S/C15H24N2O2/c1-16-8-6-13(7-9-16)17(2)11-12-4-5-14(18)15(10-12)19-3/h4-5,10,13,18H,6-9,11H2,1-3H3. The fraction of sp³-hybridized carbons (Fsp3) is 0.600. The Morgan fingerprint density at radius 3 is 2.68 bits per heavy atom. The molecule has 1 aromatic carbocycles. The summed E-state index contributed by atoms with van der Waals surface area (Å²) >= 11 is 0. The number of rotatable bonds is 4. The molecule has 4 nitrogen and oxygen atoms in total. The Hall–Kier alpha value is -1.26. The molecule has 1 aliphatic rings. The molecule has 106 valence electrons. The van der Waals surface area contributed by atoms with Crippen molar-refractivity contribution in [3.8, 4) is 11.5 Å². The summed E-state index contributed by atoms with van der Waals surface area (Å²) in [6, 6.07) is 6.23. The van der Waals surface area contributed by atoms with Crippen molar-refractivity contribution in [2.24, 2.45) is 0 Å². The largest absolute Gasteiger partial charge is 0.504 e. The van der Waals surface area contributed by atoms with Gasteiger partial charge in [0.1, 0.15) is 0 Å². The molecule has 0 bridgehead atoms. The Balaban J connectivity index is 1.96. The van der Waals surface area contributed by atoms with E-state index in [-0.39, 0.29) is 5.75 Å². The van der Waals surface area contributed by atoms with E-state index in [9.17, 15) is 5.11 Å². The number of hydrogen-bond donors (Lipinski definition) is 1. The SMILES string of the molecule is COc1cc(CN(C)C2CCN(C)CC2)ccc1O. The number of benzene rings is 1. The average Bonchev–Trinajstić information content (AvgIpc) is 2.41. The van der Waals surface area contributed by atoms with E-state index in [0.717, 1.165) is 6.54 Å². The van der Waals surface area contributed by atoms with Gasteiger partial charge in [0.2, 0.25) is 0 Å². The second kappa shape index (κ2) is 6.26. The lowest BCUT2D eigenvalue weighted by Crippen LogP contribution is -2.41. The summed E-state index contributed by atoms with van der Waals surface area (Å²) in [5, 5.41) is 9.60. The van der Waals surface area contributed by atoms with Gasteiger partial charge in [0, 0.05) is 12.6 Å². The van der Waals surface area contributed by atoms with Gasteiger partial charge in [0.05, 0.1) is 7.11 Å². The molecule has 4 heteroatoms. The number of hydrogen-bond acceptors (Lipinski definition) is 4. The topological polar surface area (TPSA) is 35.9 Å². The maximum absolute atomic E-state index is 9.60. The van der Waals surface area contributed by atoms with Crippen molar-refractivity contribution in [1.82, 2.24) is 9.80 Å². The minimum Gasteiger partial charge on any atom is -0.504 e. The Morgan fingerprint density at radius 1 is 1.37 bits per heavy atom. The van der Waals surface area contributed by atoms with Crippen molar-refractivity contribution in [2.45, 2.75) is 25.4 Å². The number of phenols is 1. The van der Waals surface area contributed by atoms with Gasteiger partial charge in [0.15, 0.2) is 11.5 Å². The van der Waals surface area contributed by atoms with E-state index in [0.29, 0.717) is 11.8 Å². The van der Waals surface area contributed by atoms with Crippen LogP contribution in [-0.4, -0.2) is 55.2 Å². The van der Waals surface area contributed by atoms with E-state index in [2.05, 4.69) is 23.9 Å². The molecule has 2 rings (SSSR count). The van der Waals surface area contributed by atoms with Crippen LogP contribution in [0.3, 0.4) is 0 Å². The van der Waals surface area contributed by atoms with Crippen molar-refractivity contribution >= 4 is 0 Å². The van der Waals surface area contributed by atoms with Crippen molar-refractivity contribution in [3.63, 3.8) is 0 Å². The summed E-state index contributed by atoms with van der Waals surface area (Å²) in [4.78, 5) is 4.78. The van der Waals surface area contributed by atoms with Crippen LogP contribution >= 0.6 is 0 Å². The van der Waals surface area contributed by atoms with E-state index in [1.165, 1.54) is 31.5 Å². The van der Waals surface area contributed by atoms with Crippen LogP contribution in [0, 0.1) is 0 Å². The first-order valence-electron chi connectivity index (χ1n) is 6.85. The van der Waals surface area contributed by atoms with Gasteiger partial charge in [-0.1, -0.05) is 6.07 Å². The van der Waals surface area contributed by atoms with E-state index >= 15 is 0 Å². The minimum absolute atomic E-state index is 0.202. The number of methoxy groups -OCH3 is 1. The number of ether oxygens (including phenoxy) is 1. The Morgan fingerprint density at radius 2 is 2.05 bits per heavy atom. The van der Waals surface area contributed by atoms with E-state index in [1.807, 2.05) is 12.1 Å². The zero-order chi connectivity index (χ0) is 13.8. The quantitative estimate of drug-likeness (QED) is 0.901. The second-order valence-corrected chi connectivity index (χ2v) is 5.46. The van der Waals surface area contributed by atoms with Crippen molar-refractivity contribution < 1.29 is 9.84 Å². The molecule has 0 radical (unpaired) electrons. The molecule has 0 amide bonds. The van der Waals surface area contributed by atoms with E-state index < -0.39 is 0 Å². The van der Waals surface area contributed by atoms with Gasteiger partial charge in [-0.25, -0.2) is 0 Å². The van der Waals surface area contributed by atoms with Crippen LogP contribution in [0.1, 0.15) is 18.4 Å². The summed E-state index contributed by atoms with van der Waals surface area (Å²) in [7, 11) is 5.94. The Labute approximate surface area is 115 Å². The fourth-order valence-electron chi connectivity index (χ4n) is 2.67. The van der Waals surface area contributed by atoms with Crippen molar-refractivity contribution in [1.29, 1.82) is 0 Å². The highest BCUT2D eigenvalue weighted by Gasteiger charge is 2.20. The highest BCUT2D eigenvalue weighted by molar-refractivity contribution is 5.41. The monoisotopic (exact) mass is 264 g/mol. The molecule has 0 unspecified atom stereocenters. The van der Waals surface area contributed by atoms with Crippen LogP contribution in [0.2, 0.25) is 0 Å². The molecule has 1 N–H and O–H groups in total. The molecule has 1 heterocycles. The first-order chi connectivity index (χ1) is 9.10. The molecule has 0 spiro atoms. The maximum atomic E-state index is 9.60. The zero-order valence-corrected chi connectivity index (χ0v) is 12.1. The van der Waals surface area contributed by atoms with Crippen molar-refractivity contribution in [3.05, 3.63) is 23.8 Å². The normalized spacial score (nSPS) is 17.9. The third-order valence-corrected chi connectivity index (χ3v) is 3.99. The first-order valence-corrected chi connectivity index (χ1v) is 6.85. The van der Waals surface area contributed by atoms with Gasteiger partial charge in [0.25, 0.3) is 0 Å². The van der Waals surface area contributed by atoms with E-state index in [4.69, 9.17) is 4.74 Å². The number of likely N-dealkylation sites (tertiary alicyclic amines) is 1. The third kappa shape index (κ3) is 3.61. The van der Waals surface area contributed by atoms with Crippen LogP contribution in [0.25, 0.3) is 0 Å². The highest BCUT2D eigenvalue weighted by Crippen LogP contribution is 2.27. The van der Waals surface area contributed by atoms with Crippen LogP contribution in [-0.2, 0) is 6.54 Å². The first kappa shape index (κ1) is 14.2. The minimum atomic E-state index is 0.202. The predicted molar refractivity (Wildman–Crippen MR) is 76.6 cm³/mol. The molecule has 1 fully saturated rings. The molecule has 0 saturated carbocycles. The average molecular weight is 264 g/mol. The summed E-state index contributed by atoms with van der Waals surface area (Å²) in [5.74, 6) is 0.752. The molecule has 0 aliphatic carbocycles. The number of piperidine rings is 1. The lowest BCUT2D eigenvalue weighted by atomic mass is 10.0. The highest BCUT2D eigenvalue weighted by atomic mass is 16.5. The van der Waals surface area contributed by atoms with Crippen LogP contribution in [0.15, 0.2) is 18.2 Å². The second-order valence-electron chi connectivity index (χ2n) is 5.46. The number of phenolic OH excluding ortho intramolecular Hbond substituents is 1. The number of aromatic hydroxyl groups is 1. The summed E-state index contributed by atoms with van der Waals surface area (Å²) in [6.07, 6.45) is 2.45. The van der Waals surface area contributed by atoms with Crippen LogP contribution in [0.5, 0.6) is 11.5 Å². The van der Waals surface area contributed by atoms with Gasteiger partial charge in [-0.15, -0.1) is 0 Å². The predicted octanol–water partition coefficient (Wildman–Crippen LogP) is 1.93. The molecule has 1 aliphatic heterocycles. The number of nitrogens with zero attached hydrogens (tertiary/aromatic N) is 2. The maximum Gasteiger partial charge on any atom is 0.160 e. The fourth-order valence-corrected chi connectivity index (χ4v) is 2.67. The van der Waals surface area contributed by atoms with Gasteiger partial charge in [-0.2, -0.15) is 0 Å². The Kier molecular flexibility index (Phi) is 4.66. The molecule has 0 atom stereocenters. The third-order valence-electron chi connectivity index (χ3n) is 3.99. The van der Waals surface area contributed by atoms with Gasteiger partial charge in [-0.3, -0.25) is 4.90 Å². The molecule has 1 saturated heterocycles. The van der Waals surface area contributed by atoms with Crippen molar-refractivity contribution in [2.75, 3.05) is 34.3 Å². The van der Waals surface area contributed by atoms with Crippen LogP contribution in [0.4, 0.5) is 0 Å². The lowest BCUT2D eigenvalue weighted by molar-refractivity contribution is 0.139. The lowest BCUT2D eigenvalue weighted by Gasteiger charge is -2.35. The molecule has 19 heavy (non-hydrogen) atoms. The van der Waals surface area contributed by atoms with Gasteiger partial charge >= 0.3 is 0 Å². The molecule has 1 aromatic rings. The molecular weight excluding hydrogens is 240 g/mol. The Bertz CT molecular complexity index is 415. The van der Waals surface area contributed by atoms with Gasteiger partial charge in [-0.05, 0) is 57.7 Å². The van der Waals surface area contributed by atoms with Gasteiger partial charge < -0.3 is 14.7 Å². The smallest absolute Gasteiger partial charge is 0.160 e. The van der Waals surface area contributed by atoms with E-state index in [1.54, 1.807) is 13.2 Å². The molecule has 0 aromatic heterocycles. The van der Waals surface area contributed by atoms with Crippen LogP contribution < -0.4 is 4.74 Å². The summed E-state index contributed by atoms with van der Waals surface area (Å²) < 4.78 is 5.15. The summed E-state index contributed by atoms with van der Waals surface area (Å²) in [5.41, 5.74) is 1.18. The summed E-state index contributed by atoms with van der Waals surface area (Å²) in [6.45, 7) is 3.24. The zero-order valence-electron chi connectivity index (χ0n) is 12.1.